The zero-order valence-electron chi connectivity index (χ0n) is 14.5. The maximum absolute atomic E-state index is 12.4. The van der Waals surface area contributed by atoms with Gasteiger partial charge < -0.3 is 5.32 Å². The molecule has 0 saturated heterocycles. The number of nitrogens with zero attached hydrogens (tertiary/aromatic N) is 1. The Morgan fingerprint density at radius 2 is 1.54 bits per heavy atom. The Morgan fingerprint density at radius 3 is 1.92 bits per heavy atom. The lowest BCUT2D eigenvalue weighted by Gasteiger charge is -2.28. The van der Waals surface area contributed by atoms with Crippen molar-refractivity contribution in [3.63, 3.8) is 0 Å². The van der Waals surface area contributed by atoms with Gasteiger partial charge in [-0.05, 0) is 30.0 Å². The number of hydrogen-bond acceptors (Lipinski definition) is 3. The van der Waals surface area contributed by atoms with Gasteiger partial charge in [-0.3, -0.25) is 9.10 Å². The van der Waals surface area contributed by atoms with E-state index in [4.69, 9.17) is 23.2 Å². The minimum Gasteiger partial charge on any atom is -0.351 e. The number of amides is 1. The quantitative estimate of drug-likeness (QED) is 0.768. The normalized spacial score (nSPS) is 12.1. The molecule has 8 heteroatoms. The van der Waals surface area contributed by atoms with E-state index in [1.807, 2.05) is 27.7 Å². The molecule has 1 rings (SSSR count). The predicted octanol–water partition coefficient (Wildman–Crippen LogP) is 3.56. The molecule has 0 radical (unpaired) electrons. The predicted molar refractivity (Wildman–Crippen MR) is 100 cm³/mol. The van der Waals surface area contributed by atoms with Gasteiger partial charge in [0.2, 0.25) is 15.9 Å². The summed E-state index contributed by atoms with van der Waals surface area (Å²) in [4.78, 5) is 12.4. The van der Waals surface area contributed by atoms with Crippen LogP contribution in [-0.4, -0.2) is 33.2 Å². The highest BCUT2D eigenvalue weighted by molar-refractivity contribution is 7.92. The molecule has 136 valence electrons. The van der Waals surface area contributed by atoms with E-state index in [0.29, 0.717) is 10.0 Å². The summed E-state index contributed by atoms with van der Waals surface area (Å²) < 4.78 is 25.2. The van der Waals surface area contributed by atoms with Crippen LogP contribution in [-0.2, 0) is 14.8 Å². The average molecular weight is 395 g/mol. The zero-order chi connectivity index (χ0) is 18.7. The molecule has 0 aliphatic carbocycles. The first-order chi connectivity index (χ1) is 10.9. The van der Waals surface area contributed by atoms with Crippen molar-refractivity contribution in [3.05, 3.63) is 28.2 Å². The third-order valence-corrected chi connectivity index (χ3v) is 5.16. The first kappa shape index (κ1) is 21.1. The van der Waals surface area contributed by atoms with Gasteiger partial charge in [0.25, 0.3) is 0 Å². The topological polar surface area (TPSA) is 66.5 Å². The molecule has 1 N–H and O–H groups in total. The summed E-state index contributed by atoms with van der Waals surface area (Å²) in [5, 5.41) is 3.51. The van der Waals surface area contributed by atoms with Crippen LogP contribution in [0.3, 0.4) is 0 Å². The van der Waals surface area contributed by atoms with Crippen LogP contribution in [0, 0.1) is 11.8 Å². The Hall–Kier alpha value is -0.980. The van der Waals surface area contributed by atoms with E-state index >= 15 is 0 Å². The number of anilines is 1. The number of benzene rings is 1. The van der Waals surface area contributed by atoms with Gasteiger partial charge in [0, 0.05) is 16.1 Å². The van der Waals surface area contributed by atoms with Crippen molar-refractivity contribution in [2.24, 2.45) is 11.8 Å². The minimum absolute atomic E-state index is 0.0399. The number of carbonyl (C=O) groups excluding carboxylic acids is 1. The maximum Gasteiger partial charge on any atom is 0.241 e. The zero-order valence-corrected chi connectivity index (χ0v) is 16.8. The minimum atomic E-state index is -3.67. The van der Waals surface area contributed by atoms with Crippen LogP contribution in [0.1, 0.15) is 27.7 Å². The van der Waals surface area contributed by atoms with E-state index in [1.54, 1.807) is 0 Å². The van der Waals surface area contributed by atoms with Crippen LogP contribution >= 0.6 is 23.2 Å². The number of halogens is 2. The van der Waals surface area contributed by atoms with Crippen molar-refractivity contribution < 1.29 is 13.2 Å². The fraction of sp³-hybridized carbons (Fsp3) is 0.562. The molecule has 0 spiro atoms. The summed E-state index contributed by atoms with van der Waals surface area (Å²) in [6.45, 7) is 7.71. The largest absolute Gasteiger partial charge is 0.351 e. The second-order valence-corrected chi connectivity index (χ2v) is 9.26. The monoisotopic (exact) mass is 394 g/mol. The summed E-state index contributed by atoms with van der Waals surface area (Å²) in [7, 11) is -3.67. The molecule has 0 aromatic heterocycles. The number of nitrogens with one attached hydrogen (secondary N) is 1. The van der Waals surface area contributed by atoms with Gasteiger partial charge in [-0.1, -0.05) is 50.9 Å². The maximum atomic E-state index is 12.4. The lowest BCUT2D eigenvalue weighted by atomic mass is 9.93. The Labute approximate surface area is 154 Å². The molecule has 0 unspecified atom stereocenters. The highest BCUT2D eigenvalue weighted by Gasteiger charge is 2.25. The molecular weight excluding hydrogens is 371 g/mol. The number of carbonyl (C=O) groups is 1. The summed E-state index contributed by atoms with van der Waals surface area (Å²) in [6, 6.07) is 4.39. The van der Waals surface area contributed by atoms with Crippen LogP contribution in [0.5, 0.6) is 0 Å². The van der Waals surface area contributed by atoms with Crippen molar-refractivity contribution in [1.82, 2.24) is 5.32 Å². The number of hydrogen-bond donors (Lipinski definition) is 1. The summed E-state index contributed by atoms with van der Waals surface area (Å²) in [5.74, 6) is 0.103. The van der Waals surface area contributed by atoms with Crippen LogP contribution < -0.4 is 9.62 Å². The first-order valence-corrected chi connectivity index (χ1v) is 10.3. The molecule has 0 heterocycles. The molecule has 0 aliphatic rings. The van der Waals surface area contributed by atoms with Crippen LogP contribution in [0.15, 0.2) is 18.2 Å². The molecule has 0 saturated carbocycles. The van der Waals surface area contributed by atoms with Gasteiger partial charge >= 0.3 is 0 Å². The highest BCUT2D eigenvalue weighted by atomic mass is 35.5. The van der Waals surface area contributed by atoms with E-state index in [2.05, 4.69) is 5.32 Å². The van der Waals surface area contributed by atoms with Crippen LogP contribution in [0.4, 0.5) is 5.69 Å². The van der Waals surface area contributed by atoms with Crippen molar-refractivity contribution in [2.45, 2.75) is 33.7 Å². The first-order valence-electron chi connectivity index (χ1n) is 7.65. The number of rotatable bonds is 7. The molecule has 24 heavy (non-hydrogen) atoms. The lowest BCUT2D eigenvalue weighted by Crippen LogP contribution is -2.47. The molecule has 0 atom stereocenters. The van der Waals surface area contributed by atoms with E-state index in [-0.39, 0.29) is 36.0 Å². The van der Waals surface area contributed by atoms with Crippen LogP contribution in [0.2, 0.25) is 10.0 Å². The summed E-state index contributed by atoms with van der Waals surface area (Å²) in [5.41, 5.74) is 0.260. The van der Waals surface area contributed by atoms with Gasteiger partial charge in [-0.2, -0.15) is 0 Å². The SMILES string of the molecule is CC(C)C(NC(=O)CN(c1cc(Cl)cc(Cl)c1)S(C)(=O)=O)C(C)C. The highest BCUT2D eigenvalue weighted by Crippen LogP contribution is 2.27. The third-order valence-electron chi connectivity index (χ3n) is 3.59. The van der Waals surface area contributed by atoms with Gasteiger partial charge in [-0.15, -0.1) is 0 Å². The van der Waals surface area contributed by atoms with Crippen molar-refractivity contribution in [2.75, 3.05) is 17.1 Å². The summed E-state index contributed by atoms with van der Waals surface area (Å²) >= 11 is 11.9. The van der Waals surface area contributed by atoms with Crippen LogP contribution in [0.25, 0.3) is 0 Å². The van der Waals surface area contributed by atoms with Gasteiger partial charge in [0.1, 0.15) is 6.54 Å². The molecule has 0 fully saturated rings. The molecule has 5 nitrogen and oxygen atoms in total. The second-order valence-electron chi connectivity index (χ2n) is 6.48. The smallest absolute Gasteiger partial charge is 0.241 e. The van der Waals surface area contributed by atoms with Crippen molar-refractivity contribution in [3.8, 4) is 0 Å². The summed E-state index contributed by atoms with van der Waals surface area (Å²) in [6.07, 6.45) is 1.04. The van der Waals surface area contributed by atoms with Gasteiger partial charge in [0.05, 0.1) is 11.9 Å². The fourth-order valence-electron chi connectivity index (χ4n) is 2.55. The lowest BCUT2D eigenvalue weighted by molar-refractivity contribution is -0.121. The van der Waals surface area contributed by atoms with E-state index in [0.717, 1.165) is 10.6 Å². The van der Waals surface area contributed by atoms with Crippen molar-refractivity contribution in [1.29, 1.82) is 0 Å². The van der Waals surface area contributed by atoms with E-state index in [1.165, 1.54) is 18.2 Å². The van der Waals surface area contributed by atoms with Gasteiger partial charge in [-0.25, -0.2) is 8.42 Å². The molecule has 0 aliphatic heterocycles. The van der Waals surface area contributed by atoms with Crippen molar-refractivity contribution >= 4 is 44.8 Å². The Kier molecular flexibility index (Phi) is 7.38. The molecular formula is C16H24Cl2N2O3S. The molecule has 1 aromatic carbocycles. The van der Waals surface area contributed by atoms with E-state index in [9.17, 15) is 13.2 Å². The average Bonchev–Trinajstić information content (AvgIpc) is 2.38. The second kappa shape index (κ2) is 8.41. The Balaban J connectivity index is 3.05. The standard InChI is InChI=1S/C16H24Cl2N2O3S/c1-10(2)16(11(3)4)19-15(21)9-20(24(5,22)23)14-7-12(17)6-13(18)8-14/h6-8,10-11,16H,9H2,1-5H3,(H,19,21). The molecule has 0 bridgehead atoms. The molecule has 1 aromatic rings. The fourth-order valence-corrected chi connectivity index (χ4v) is 3.90. The Morgan fingerprint density at radius 1 is 1.08 bits per heavy atom. The third kappa shape index (κ3) is 6.15. The van der Waals surface area contributed by atoms with E-state index < -0.39 is 10.0 Å². The Bertz CT molecular complexity index is 662. The molecule has 1 amide bonds. The van der Waals surface area contributed by atoms with Gasteiger partial charge in [0.15, 0.2) is 0 Å². The number of sulfonamides is 1.